The van der Waals surface area contributed by atoms with Crippen LogP contribution >= 0.6 is 28.1 Å². The van der Waals surface area contributed by atoms with E-state index in [0.717, 1.165) is 15.6 Å². The molecule has 0 unspecified atom stereocenters. The molecule has 21 heavy (non-hydrogen) atoms. The maximum atomic E-state index is 5.24. The molecule has 1 N–H and O–H groups in total. The Morgan fingerprint density at radius 1 is 1.10 bits per heavy atom. The van der Waals surface area contributed by atoms with Gasteiger partial charge in [0.25, 0.3) is 0 Å². The minimum atomic E-state index is 0.458. The largest absolute Gasteiger partial charge is 0.250 e. The summed E-state index contributed by atoms with van der Waals surface area (Å²) in [5, 5.41) is 11.4. The summed E-state index contributed by atoms with van der Waals surface area (Å²) < 4.78 is 3.09. The second kappa shape index (κ2) is 6.15. The lowest BCUT2D eigenvalue weighted by Crippen LogP contribution is -1.94. The summed E-state index contributed by atoms with van der Waals surface area (Å²) in [6, 6.07) is 17.7. The van der Waals surface area contributed by atoms with Crippen molar-refractivity contribution in [3.05, 3.63) is 69.4 Å². The molecule has 1 heterocycles. The summed E-state index contributed by atoms with van der Waals surface area (Å²) in [6.45, 7) is 0. The number of nitrogens with zero attached hydrogens (tertiary/aromatic N) is 3. The summed E-state index contributed by atoms with van der Waals surface area (Å²) >= 11 is 8.65. The van der Waals surface area contributed by atoms with Crippen LogP contribution in [0.4, 0.5) is 0 Å². The van der Waals surface area contributed by atoms with E-state index in [1.54, 1.807) is 10.9 Å². The van der Waals surface area contributed by atoms with Crippen molar-refractivity contribution < 1.29 is 0 Å². The van der Waals surface area contributed by atoms with Gasteiger partial charge in [-0.3, -0.25) is 0 Å². The first-order valence-corrected chi connectivity index (χ1v) is 7.47. The fourth-order valence-corrected chi connectivity index (χ4v) is 2.29. The van der Waals surface area contributed by atoms with Gasteiger partial charge in [0.05, 0.1) is 6.21 Å². The highest BCUT2D eigenvalue weighted by Gasteiger charge is 2.07. The summed E-state index contributed by atoms with van der Waals surface area (Å²) in [6.07, 6.45) is 1.76. The van der Waals surface area contributed by atoms with Gasteiger partial charge in [0, 0.05) is 10.0 Å². The van der Waals surface area contributed by atoms with Crippen LogP contribution in [0.3, 0.4) is 0 Å². The van der Waals surface area contributed by atoms with Crippen molar-refractivity contribution in [1.29, 1.82) is 0 Å². The molecule has 0 saturated carbocycles. The Balaban J connectivity index is 2.00. The van der Waals surface area contributed by atoms with Gasteiger partial charge in [0.15, 0.2) is 5.82 Å². The van der Waals surface area contributed by atoms with Crippen LogP contribution in [0.1, 0.15) is 5.56 Å². The van der Waals surface area contributed by atoms with Gasteiger partial charge in [-0.1, -0.05) is 58.4 Å². The summed E-state index contributed by atoms with van der Waals surface area (Å²) in [5.74, 6) is 0.680. The second-order valence-electron chi connectivity index (χ2n) is 4.33. The van der Waals surface area contributed by atoms with Crippen LogP contribution in [0, 0.1) is 4.77 Å². The second-order valence-corrected chi connectivity index (χ2v) is 5.63. The van der Waals surface area contributed by atoms with Gasteiger partial charge >= 0.3 is 0 Å². The molecule has 0 bridgehead atoms. The molecule has 0 saturated heterocycles. The van der Waals surface area contributed by atoms with Gasteiger partial charge in [0.2, 0.25) is 4.77 Å². The molecule has 0 atom stereocenters. The van der Waals surface area contributed by atoms with Gasteiger partial charge in [-0.15, -0.1) is 0 Å². The molecule has 3 aromatic rings. The Hall–Kier alpha value is -2.05. The van der Waals surface area contributed by atoms with E-state index in [9.17, 15) is 0 Å². The minimum absolute atomic E-state index is 0.458. The molecule has 0 radical (unpaired) electrons. The first-order valence-electron chi connectivity index (χ1n) is 6.27. The molecule has 3 rings (SSSR count). The molecule has 0 aliphatic carbocycles. The highest BCUT2D eigenvalue weighted by atomic mass is 79.9. The molecule has 104 valence electrons. The monoisotopic (exact) mass is 358 g/mol. The number of hydrogen-bond acceptors (Lipinski definition) is 3. The zero-order valence-corrected chi connectivity index (χ0v) is 13.3. The van der Waals surface area contributed by atoms with Crippen molar-refractivity contribution in [2.75, 3.05) is 0 Å². The smallest absolute Gasteiger partial charge is 0.216 e. The number of nitrogens with one attached hydrogen (secondary N) is 1. The molecule has 0 fully saturated rings. The van der Waals surface area contributed by atoms with E-state index in [2.05, 4.69) is 31.2 Å². The van der Waals surface area contributed by atoms with Crippen LogP contribution in [-0.2, 0) is 0 Å². The maximum absolute atomic E-state index is 5.24. The quantitative estimate of drug-likeness (QED) is 0.561. The van der Waals surface area contributed by atoms with Gasteiger partial charge in [-0.2, -0.15) is 14.9 Å². The average Bonchev–Trinajstić information content (AvgIpc) is 2.88. The van der Waals surface area contributed by atoms with Crippen LogP contribution in [0.2, 0.25) is 0 Å². The van der Waals surface area contributed by atoms with Crippen molar-refractivity contribution in [2.45, 2.75) is 0 Å². The third-order valence-corrected chi connectivity index (χ3v) is 3.67. The van der Waals surface area contributed by atoms with E-state index in [0.29, 0.717) is 10.6 Å². The Morgan fingerprint density at radius 3 is 2.52 bits per heavy atom. The van der Waals surface area contributed by atoms with Crippen LogP contribution in [0.15, 0.2) is 64.2 Å². The SMILES string of the molecule is S=c1[nH]nc(-c2ccc(Br)cc2)n1/N=C\c1ccccc1. The minimum Gasteiger partial charge on any atom is -0.250 e. The molecule has 0 aliphatic rings. The first kappa shape index (κ1) is 13.9. The molecule has 0 amide bonds. The fourth-order valence-electron chi connectivity index (χ4n) is 1.85. The number of H-pyrrole nitrogens is 1. The Labute approximate surface area is 135 Å². The fraction of sp³-hybridized carbons (Fsp3) is 0. The van der Waals surface area contributed by atoms with Gasteiger partial charge in [-0.05, 0) is 29.9 Å². The summed E-state index contributed by atoms with van der Waals surface area (Å²) in [7, 11) is 0. The van der Waals surface area contributed by atoms with E-state index in [1.807, 2.05) is 54.6 Å². The van der Waals surface area contributed by atoms with E-state index in [-0.39, 0.29) is 0 Å². The lowest BCUT2D eigenvalue weighted by atomic mass is 10.2. The van der Waals surface area contributed by atoms with Gasteiger partial charge in [0.1, 0.15) is 0 Å². The van der Waals surface area contributed by atoms with Crippen molar-refractivity contribution in [2.24, 2.45) is 5.10 Å². The van der Waals surface area contributed by atoms with Crippen molar-refractivity contribution in [3.63, 3.8) is 0 Å². The molecule has 0 spiro atoms. The molecule has 1 aromatic heterocycles. The van der Waals surface area contributed by atoms with Crippen LogP contribution in [0.5, 0.6) is 0 Å². The Bertz CT molecular complexity index is 819. The number of aromatic nitrogens is 3. The summed E-state index contributed by atoms with van der Waals surface area (Å²) in [4.78, 5) is 0. The normalized spacial score (nSPS) is 11.1. The lowest BCUT2D eigenvalue weighted by Gasteiger charge is -2.01. The predicted octanol–water partition coefficient (Wildman–Crippen LogP) is 4.25. The Morgan fingerprint density at radius 2 is 1.81 bits per heavy atom. The number of hydrogen-bond donors (Lipinski definition) is 1. The topological polar surface area (TPSA) is 46.0 Å². The van der Waals surface area contributed by atoms with Crippen molar-refractivity contribution >= 4 is 34.4 Å². The van der Waals surface area contributed by atoms with Crippen LogP contribution in [-0.4, -0.2) is 21.1 Å². The molecular weight excluding hydrogens is 348 g/mol. The van der Waals surface area contributed by atoms with Crippen LogP contribution in [0.25, 0.3) is 11.4 Å². The highest BCUT2D eigenvalue weighted by Crippen LogP contribution is 2.20. The highest BCUT2D eigenvalue weighted by molar-refractivity contribution is 9.10. The van der Waals surface area contributed by atoms with Crippen molar-refractivity contribution in [3.8, 4) is 11.4 Å². The third-order valence-electron chi connectivity index (χ3n) is 2.87. The summed E-state index contributed by atoms with van der Waals surface area (Å²) in [5.41, 5.74) is 1.94. The standard InChI is InChI=1S/C15H11BrN4S/c16-13-8-6-12(7-9-13)14-18-19-15(21)20(14)17-10-11-4-2-1-3-5-11/h1-10H,(H,19,21)/b17-10-. The number of halogens is 1. The van der Waals surface area contributed by atoms with E-state index in [4.69, 9.17) is 12.2 Å². The first-order chi connectivity index (χ1) is 10.2. The maximum Gasteiger partial charge on any atom is 0.216 e. The number of benzene rings is 2. The van der Waals surface area contributed by atoms with Crippen molar-refractivity contribution in [1.82, 2.24) is 14.9 Å². The van der Waals surface area contributed by atoms with E-state index < -0.39 is 0 Å². The van der Waals surface area contributed by atoms with Gasteiger partial charge in [-0.25, -0.2) is 5.10 Å². The van der Waals surface area contributed by atoms with Crippen LogP contribution < -0.4 is 0 Å². The zero-order valence-electron chi connectivity index (χ0n) is 10.9. The molecule has 6 heteroatoms. The third kappa shape index (κ3) is 3.17. The van der Waals surface area contributed by atoms with E-state index >= 15 is 0 Å². The number of rotatable bonds is 3. The predicted molar refractivity (Wildman–Crippen MR) is 90.0 cm³/mol. The molecular formula is C15H11BrN4S. The molecule has 4 nitrogen and oxygen atoms in total. The lowest BCUT2D eigenvalue weighted by molar-refractivity contribution is 0.871. The molecule has 0 aliphatic heterocycles. The number of aromatic amines is 1. The Kier molecular flexibility index (Phi) is 4.08. The van der Waals surface area contributed by atoms with Gasteiger partial charge < -0.3 is 0 Å². The zero-order chi connectivity index (χ0) is 14.7. The molecule has 2 aromatic carbocycles. The average molecular weight is 359 g/mol. The van der Waals surface area contributed by atoms with E-state index in [1.165, 1.54) is 0 Å².